The highest BCUT2D eigenvalue weighted by Crippen LogP contribution is 2.43. The SMILES string of the molecule is Cc1ccc2c(c1)C1(CCN(CCc3cc(NC(=O)OC(C)(C)C)ccc3C)CC1)OC(=O)N2. The number of nitrogens with zero attached hydrogens (tertiary/aromatic N) is 1. The molecule has 0 unspecified atom stereocenters. The third kappa shape index (κ3) is 5.53. The first-order valence-electron chi connectivity index (χ1n) is 12.0. The maximum atomic E-state index is 12.2. The lowest BCUT2D eigenvalue weighted by atomic mass is 9.81. The zero-order valence-corrected chi connectivity index (χ0v) is 20.8. The number of amides is 2. The van der Waals surface area contributed by atoms with E-state index in [1.54, 1.807) is 0 Å². The molecule has 182 valence electrons. The zero-order chi connectivity index (χ0) is 24.5. The van der Waals surface area contributed by atoms with Crippen LogP contribution in [0.3, 0.4) is 0 Å². The minimum Gasteiger partial charge on any atom is -0.444 e. The quantitative estimate of drug-likeness (QED) is 0.601. The van der Waals surface area contributed by atoms with Gasteiger partial charge >= 0.3 is 12.2 Å². The highest BCUT2D eigenvalue weighted by atomic mass is 16.6. The summed E-state index contributed by atoms with van der Waals surface area (Å²) in [5, 5.41) is 5.67. The van der Waals surface area contributed by atoms with Gasteiger partial charge in [-0.1, -0.05) is 17.7 Å². The second kappa shape index (κ2) is 9.29. The van der Waals surface area contributed by atoms with Crippen molar-refractivity contribution in [3.05, 3.63) is 58.7 Å². The first-order chi connectivity index (χ1) is 16.0. The summed E-state index contributed by atoms with van der Waals surface area (Å²) in [7, 11) is 0. The molecular weight excluding hydrogens is 430 g/mol. The number of anilines is 2. The van der Waals surface area contributed by atoms with E-state index in [1.165, 1.54) is 11.1 Å². The number of nitrogens with one attached hydrogen (secondary N) is 2. The van der Waals surface area contributed by atoms with Crippen molar-refractivity contribution in [2.75, 3.05) is 30.3 Å². The van der Waals surface area contributed by atoms with Gasteiger partial charge in [0.15, 0.2) is 0 Å². The largest absolute Gasteiger partial charge is 0.444 e. The molecule has 2 amide bonds. The third-order valence-corrected chi connectivity index (χ3v) is 6.55. The maximum Gasteiger partial charge on any atom is 0.412 e. The lowest BCUT2D eigenvalue weighted by molar-refractivity contribution is -0.0376. The number of carbonyl (C=O) groups excluding carboxylic acids is 2. The summed E-state index contributed by atoms with van der Waals surface area (Å²) in [5.41, 5.74) is 5.15. The molecule has 1 fully saturated rings. The van der Waals surface area contributed by atoms with Crippen LogP contribution in [0.15, 0.2) is 36.4 Å². The fraction of sp³-hybridized carbons (Fsp3) is 0.481. The fourth-order valence-electron chi connectivity index (χ4n) is 4.74. The van der Waals surface area contributed by atoms with Crippen LogP contribution in [0.25, 0.3) is 0 Å². The number of hydrogen-bond donors (Lipinski definition) is 2. The number of hydrogen-bond acceptors (Lipinski definition) is 5. The topological polar surface area (TPSA) is 79.9 Å². The van der Waals surface area contributed by atoms with E-state index in [0.717, 1.165) is 61.4 Å². The number of rotatable bonds is 4. The first kappa shape index (κ1) is 24.1. The number of aryl methyl sites for hydroxylation is 2. The van der Waals surface area contributed by atoms with Crippen LogP contribution in [-0.4, -0.2) is 42.3 Å². The Hall–Kier alpha value is -3.06. The zero-order valence-electron chi connectivity index (χ0n) is 20.8. The van der Waals surface area contributed by atoms with Crippen molar-refractivity contribution < 1.29 is 19.1 Å². The minimum atomic E-state index is -0.548. The van der Waals surface area contributed by atoms with Crippen LogP contribution in [0, 0.1) is 13.8 Å². The number of carbonyl (C=O) groups is 2. The normalized spacial score (nSPS) is 17.5. The summed E-state index contributed by atoms with van der Waals surface area (Å²) in [6.45, 7) is 12.3. The maximum absolute atomic E-state index is 12.2. The van der Waals surface area contributed by atoms with Gasteiger partial charge in [0.2, 0.25) is 0 Å². The summed E-state index contributed by atoms with van der Waals surface area (Å²) in [5.74, 6) is 0. The Bertz CT molecular complexity index is 1080. The number of likely N-dealkylation sites (tertiary alicyclic amines) is 1. The van der Waals surface area contributed by atoms with Gasteiger partial charge in [0.05, 0.1) is 5.69 Å². The number of piperidine rings is 1. The monoisotopic (exact) mass is 465 g/mol. The lowest BCUT2D eigenvalue weighted by Crippen LogP contribution is -2.48. The molecule has 2 aliphatic heterocycles. The molecule has 2 heterocycles. The van der Waals surface area contributed by atoms with Gasteiger partial charge in [-0.3, -0.25) is 10.6 Å². The van der Waals surface area contributed by atoms with Crippen molar-refractivity contribution in [2.24, 2.45) is 0 Å². The molecule has 0 aromatic heterocycles. The second-order valence-corrected chi connectivity index (χ2v) is 10.4. The molecule has 2 aromatic rings. The van der Waals surface area contributed by atoms with Gasteiger partial charge in [-0.15, -0.1) is 0 Å². The molecule has 0 aliphatic carbocycles. The van der Waals surface area contributed by atoms with Gasteiger partial charge in [-0.25, -0.2) is 9.59 Å². The molecule has 2 N–H and O–H groups in total. The van der Waals surface area contributed by atoms with Crippen LogP contribution < -0.4 is 10.6 Å². The number of fused-ring (bicyclic) bond motifs is 2. The van der Waals surface area contributed by atoms with Crippen molar-refractivity contribution in [1.82, 2.24) is 4.90 Å². The molecule has 4 rings (SSSR count). The highest BCUT2D eigenvalue weighted by Gasteiger charge is 2.44. The van der Waals surface area contributed by atoms with Crippen molar-refractivity contribution >= 4 is 23.6 Å². The van der Waals surface area contributed by atoms with Crippen LogP contribution in [0.2, 0.25) is 0 Å². The molecule has 0 bridgehead atoms. The summed E-state index contributed by atoms with van der Waals surface area (Å²) in [6, 6.07) is 12.1. The predicted octanol–water partition coefficient (Wildman–Crippen LogP) is 5.75. The van der Waals surface area contributed by atoms with Gasteiger partial charge in [0.25, 0.3) is 0 Å². The van der Waals surface area contributed by atoms with Crippen molar-refractivity contribution in [1.29, 1.82) is 0 Å². The Morgan fingerprint density at radius 3 is 2.59 bits per heavy atom. The third-order valence-electron chi connectivity index (χ3n) is 6.55. The Morgan fingerprint density at radius 1 is 1.15 bits per heavy atom. The van der Waals surface area contributed by atoms with Gasteiger partial charge in [-0.05, 0) is 76.4 Å². The molecule has 0 radical (unpaired) electrons. The highest BCUT2D eigenvalue weighted by molar-refractivity contribution is 5.89. The Kier molecular flexibility index (Phi) is 6.58. The van der Waals surface area contributed by atoms with Crippen molar-refractivity contribution in [3.63, 3.8) is 0 Å². The second-order valence-electron chi connectivity index (χ2n) is 10.4. The van der Waals surface area contributed by atoms with Crippen LogP contribution >= 0.6 is 0 Å². The van der Waals surface area contributed by atoms with Gasteiger partial charge in [-0.2, -0.15) is 0 Å². The summed E-state index contributed by atoms with van der Waals surface area (Å²) < 4.78 is 11.2. The molecule has 2 aliphatic rings. The molecule has 1 spiro atoms. The van der Waals surface area contributed by atoms with Gasteiger partial charge in [0, 0.05) is 43.7 Å². The van der Waals surface area contributed by atoms with E-state index < -0.39 is 17.3 Å². The van der Waals surface area contributed by atoms with Crippen LogP contribution in [0.5, 0.6) is 0 Å². The van der Waals surface area contributed by atoms with Crippen LogP contribution in [-0.2, 0) is 21.5 Å². The van der Waals surface area contributed by atoms with E-state index in [-0.39, 0.29) is 6.09 Å². The Labute approximate surface area is 201 Å². The van der Waals surface area contributed by atoms with Crippen molar-refractivity contribution in [3.8, 4) is 0 Å². The first-order valence-corrected chi connectivity index (χ1v) is 12.0. The van der Waals surface area contributed by atoms with E-state index >= 15 is 0 Å². The van der Waals surface area contributed by atoms with E-state index in [0.29, 0.717) is 0 Å². The lowest BCUT2D eigenvalue weighted by Gasteiger charge is -2.44. The standard InChI is InChI=1S/C27H35N3O4/c1-18-6-9-23-22(16-18)27(34-25(32)29-23)11-14-30(15-12-27)13-10-20-17-21(8-7-19(20)2)28-24(31)33-26(3,4)5/h6-9,16-17H,10-15H2,1-5H3,(H,28,31)(H,29,32). The summed E-state index contributed by atoms with van der Waals surface area (Å²) >= 11 is 0. The van der Waals surface area contributed by atoms with Crippen LogP contribution in [0.1, 0.15) is 55.9 Å². The molecule has 7 heteroatoms. The summed E-state index contributed by atoms with van der Waals surface area (Å²) in [4.78, 5) is 26.8. The van der Waals surface area contributed by atoms with E-state index in [4.69, 9.17) is 9.47 Å². The molecule has 0 saturated carbocycles. The predicted molar refractivity (Wildman–Crippen MR) is 133 cm³/mol. The summed E-state index contributed by atoms with van der Waals surface area (Å²) in [6.07, 6.45) is 1.61. The smallest absolute Gasteiger partial charge is 0.412 e. The molecular formula is C27H35N3O4. The number of benzene rings is 2. The molecule has 7 nitrogen and oxygen atoms in total. The van der Waals surface area contributed by atoms with Gasteiger partial charge in [0.1, 0.15) is 11.2 Å². The molecule has 2 aromatic carbocycles. The Balaban J connectivity index is 1.37. The molecule has 1 saturated heterocycles. The molecule has 0 atom stereocenters. The fourth-order valence-corrected chi connectivity index (χ4v) is 4.74. The average Bonchev–Trinajstić information content (AvgIpc) is 2.74. The van der Waals surface area contributed by atoms with Gasteiger partial charge < -0.3 is 14.4 Å². The Morgan fingerprint density at radius 2 is 1.88 bits per heavy atom. The average molecular weight is 466 g/mol. The molecule has 34 heavy (non-hydrogen) atoms. The van der Waals surface area contributed by atoms with E-state index in [1.807, 2.05) is 51.1 Å². The van der Waals surface area contributed by atoms with E-state index in [9.17, 15) is 9.59 Å². The number of ether oxygens (including phenoxy) is 2. The van der Waals surface area contributed by atoms with Crippen molar-refractivity contribution in [2.45, 2.75) is 65.1 Å². The van der Waals surface area contributed by atoms with E-state index in [2.05, 4.69) is 35.4 Å². The van der Waals surface area contributed by atoms with Crippen LogP contribution in [0.4, 0.5) is 21.0 Å². The minimum absolute atomic E-state index is 0.366.